The second kappa shape index (κ2) is 8.47. The van der Waals surface area contributed by atoms with Gasteiger partial charge in [0.25, 0.3) is 5.91 Å². The topological polar surface area (TPSA) is 51.7 Å². The third-order valence-electron chi connectivity index (χ3n) is 4.87. The zero-order chi connectivity index (χ0) is 20.4. The largest absolute Gasteiger partial charge is 0.497 e. The highest BCUT2D eigenvalue weighted by Gasteiger charge is 2.35. The number of hydrogen-bond acceptors (Lipinski definition) is 6. The van der Waals surface area contributed by atoms with Crippen molar-refractivity contribution in [3.8, 4) is 22.1 Å². The molecule has 2 aromatic carbocycles. The maximum Gasteiger partial charge on any atom is 0.267 e. The fourth-order valence-electron chi connectivity index (χ4n) is 3.40. The van der Waals surface area contributed by atoms with Crippen molar-refractivity contribution in [1.29, 1.82) is 0 Å². The van der Waals surface area contributed by atoms with Crippen LogP contribution in [0.3, 0.4) is 0 Å². The first-order valence-electron chi connectivity index (χ1n) is 9.29. The van der Waals surface area contributed by atoms with Gasteiger partial charge in [-0.2, -0.15) is 0 Å². The molecule has 150 valence electrons. The smallest absolute Gasteiger partial charge is 0.267 e. The number of nitrogens with zero attached hydrogens (tertiary/aromatic N) is 2. The monoisotopic (exact) mass is 426 g/mol. The Balaban J connectivity index is 1.67. The van der Waals surface area contributed by atoms with E-state index in [2.05, 4.69) is 4.98 Å². The molecule has 1 fully saturated rings. The van der Waals surface area contributed by atoms with E-state index in [-0.39, 0.29) is 11.3 Å². The summed E-state index contributed by atoms with van der Waals surface area (Å²) in [6.45, 7) is 2.59. The van der Waals surface area contributed by atoms with E-state index in [1.165, 1.54) is 11.3 Å². The Kier molecular flexibility index (Phi) is 5.78. The maximum absolute atomic E-state index is 13.5. The van der Waals surface area contributed by atoms with Crippen LogP contribution in [-0.2, 0) is 0 Å². The van der Waals surface area contributed by atoms with Crippen LogP contribution in [0.1, 0.15) is 26.3 Å². The second-order valence-corrected chi connectivity index (χ2v) is 8.82. The number of aryl methyl sites for hydroxylation is 1. The predicted molar refractivity (Wildman–Crippen MR) is 118 cm³/mol. The number of thiazole rings is 1. The van der Waals surface area contributed by atoms with Crippen LogP contribution in [0.25, 0.3) is 10.6 Å². The molecule has 1 aliphatic rings. The molecule has 1 aliphatic heterocycles. The zero-order valence-electron chi connectivity index (χ0n) is 16.5. The van der Waals surface area contributed by atoms with Crippen molar-refractivity contribution in [2.24, 2.45) is 0 Å². The number of carbonyl (C=O) groups is 1. The number of methoxy groups -OCH3 is 2. The molecular weight excluding hydrogens is 404 g/mol. The molecule has 29 heavy (non-hydrogen) atoms. The molecule has 1 amide bonds. The van der Waals surface area contributed by atoms with E-state index in [4.69, 9.17) is 9.47 Å². The summed E-state index contributed by atoms with van der Waals surface area (Å²) in [6, 6.07) is 15.7. The first-order valence-corrected chi connectivity index (χ1v) is 11.2. The number of amides is 1. The van der Waals surface area contributed by atoms with Crippen molar-refractivity contribution in [3.63, 3.8) is 0 Å². The van der Waals surface area contributed by atoms with Gasteiger partial charge >= 0.3 is 0 Å². The van der Waals surface area contributed by atoms with E-state index in [0.717, 1.165) is 39.1 Å². The van der Waals surface area contributed by atoms with Gasteiger partial charge in [-0.05, 0) is 25.1 Å². The SMILES string of the molecule is COc1ccc(OC)c(C2SCCN2C(=O)c2sc(-c3ccccc3)nc2C)c1. The summed E-state index contributed by atoms with van der Waals surface area (Å²) in [5.74, 6) is 2.40. The predicted octanol–water partition coefficient (Wildman–Crippen LogP) is 5.02. The van der Waals surface area contributed by atoms with E-state index in [1.807, 2.05) is 60.4 Å². The Hall–Kier alpha value is -2.51. The van der Waals surface area contributed by atoms with Crippen LogP contribution in [0, 0.1) is 6.92 Å². The van der Waals surface area contributed by atoms with Crippen LogP contribution in [0.15, 0.2) is 48.5 Å². The van der Waals surface area contributed by atoms with Crippen LogP contribution < -0.4 is 9.47 Å². The van der Waals surface area contributed by atoms with Gasteiger partial charge in [-0.1, -0.05) is 30.3 Å². The van der Waals surface area contributed by atoms with E-state index >= 15 is 0 Å². The second-order valence-electron chi connectivity index (χ2n) is 6.63. The van der Waals surface area contributed by atoms with Gasteiger partial charge in [0.1, 0.15) is 26.8 Å². The van der Waals surface area contributed by atoms with Crippen LogP contribution in [0.2, 0.25) is 0 Å². The van der Waals surface area contributed by atoms with E-state index in [9.17, 15) is 4.79 Å². The first-order chi connectivity index (χ1) is 14.1. The number of carbonyl (C=O) groups excluding carboxylic acids is 1. The highest BCUT2D eigenvalue weighted by atomic mass is 32.2. The molecule has 7 heteroatoms. The van der Waals surface area contributed by atoms with E-state index < -0.39 is 0 Å². The van der Waals surface area contributed by atoms with Gasteiger partial charge in [-0.25, -0.2) is 4.98 Å². The minimum atomic E-state index is -0.116. The van der Waals surface area contributed by atoms with Crippen molar-refractivity contribution in [3.05, 3.63) is 64.7 Å². The highest BCUT2D eigenvalue weighted by Crippen LogP contribution is 2.44. The summed E-state index contributed by atoms with van der Waals surface area (Å²) in [6.07, 6.45) is 0. The average molecular weight is 427 g/mol. The molecule has 1 aromatic heterocycles. The Bertz CT molecular complexity index is 1020. The molecule has 0 saturated carbocycles. The molecule has 5 nitrogen and oxygen atoms in total. The summed E-state index contributed by atoms with van der Waals surface area (Å²) in [7, 11) is 3.29. The summed E-state index contributed by atoms with van der Waals surface area (Å²) >= 11 is 3.19. The van der Waals surface area contributed by atoms with E-state index in [1.54, 1.807) is 26.0 Å². The van der Waals surface area contributed by atoms with Gasteiger partial charge in [0.2, 0.25) is 0 Å². The molecule has 0 bridgehead atoms. The molecule has 0 N–H and O–H groups in total. The molecule has 1 atom stereocenters. The van der Waals surface area contributed by atoms with Gasteiger partial charge in [-0.15, -0.1) is 23.1 Å². The molecule has 0 radical (unpaired) electrons. The fourth-order valence-corrected chi connectivity index (χ4v) is 5.70. The molecule has 1 unspecified atom stereocenters. The Morgan fingerprint density at radius 1 is 1.14 bits per heavy atom. The normalized spacial score (nSPS) is 16.1. The van der Waals surface area contributed by atoms with Crippen molar-refractivity contribution in [2.45, 2.75) is 12.3 Å². The van der Waals surface area contributed by atoms with Crippen LogP contribution in [0.5, 0.6) is 11.5 Å². The standard InChI is InChI=1S/C22H22N2O3S2/c1-14-19(29-20(23-14)15-7-5-4-6-8-15)21(25)24-11-12-28-22(24)17-13-16(26-2)9-10-18(17)27-3/h4-10,13,22H,11-12H2,1-3H3. The Morgan fingerprint density at radius 2 is 1.93 bits per heavy atom. The summed E-state index contributed by atoms with van der Waals surface area (Å²) < 4.78 is 10.9. The zero-order valence-corrected chi connectivity index (χ0v) is 18.2. The Labute approximate surface area is 178 Å². The quantitative estimate of drug-likeness (QED) is 0.573. The van der Waals surface area contributed by atoms with Gasteiger partial charge in [0.15, 0.2) is 0 Å². The van der Waals surface area contributed by atoms with Crippen molar-refractivity contribution >= 4 is 29.0 Å². The van der Waals surface area contributed by atoms with Gasteiger partial charge in [0.05, 0.1) is 19.9 Å². The van der Waals surface area contributed by atoms with Gasteiger partial charge in [-0.3, -0.25) is 4.79 Å². The molecule has 0 spiro atoms. The van der Waals surface area contributed by atoms with Crippen molar-refractivity contribution in [1.82, 2.24) is 9.88 Å². The van der Waals surface area contributed by atoms with E-state index in [0.29, 0.717) is 11.4 Å². The lowest BCUT2D eigenvalue weighted by atomic mass is 10.1. The number of ether oxygens (including phenoxy) is 2. The lowest BCUT2D eigenvalue weighted by Crippen LogP contribution is -2.30. The number of aromatic nitrogens is 1. The van der Waals surface area contributed by atoms with Crippen LogP contribution in [0.4, 0.5) is 0 Å². The lowest BCUT2D eigenvalue weighted by molar-refractivity contribution is 0.0763. The van der Waals surface area contributed by atoms with Crippen LogP contribution >= 0.6 is 23.1 Å². The third kappa shape index (κ3) is 3.84. The number of hydrogen-bond donors (Lipinski definition) is 0. The van der Waals surface area contributed by atoms with Crippen molar-refractivity contribution < 1.29 is 14.3 Å². The Morgan fingerprint density at radius 3 is 2.66 bits per heavy atom. The highest BCUT2D eigenvalue weighted by molar-refractivity contribution is 7.99. The van der Waals surface area contributed by atoms with Gasteiger partial charge in [0, 0.05) is 23.4 Å². The number of thioether (sulfide) groups is 1. The summed E-state index contributed by atoms with van der Waals surface area (Å²) in [4.78, 5) is 20.7. The molecule has 2 heterocycles. The van der Waals surface area contributed by atoms with Crippen molar-refractivity contribution in [2.75, 3.05) is 26.5 Å². The molecule has 4 rings (SSSR count). The first kappa shape index (κ1) is 19.8. The minimum absolute atomic E-state index is 0.0158. The van der Waals surface area contributed by atoms with Crippen LogP contribution in [-0.4, -0.2) is 42.3 Å². The summed E-state index contributed by atoms with van der Waals surface area (Å²) in [5.41, 5.74) is 2.75. The molecule has 1 saturated heterocycles. The molecule has 0 aliphatic carbocycles. The fraction of sp³-hybridized carbons (Fsp3) is 0.273. The number of rotatable bonds is 5. The maximum atomic E-state index is 13.5. The average Bonchev–Trinajstić information content (AvgIpc) is 3.40. The molecular formula is C22H22N2O3S2. The van der Waals surface area contributed by atoms with Gasteiger partial charge < -0.3 is 14.4 Å². The lowest BCUT2D eigenvalue weighted by Gasteiger charge is -2.25. The summed E-state index contributed by atoms with van der Waals surface area (Å²) in [5, 5.41) is 0.753. The minimum Gasteiger partial charge on any atom is -0.497 e. The number of benzene rings is 2. The molecule has 3 aromatic rings. The third-order valence-corrected chi connectivity index (χ3v) is 7.30.